The number of alkyl halides is 3. The van der Waals surface area contributed by atoms with E-state index in [2.05, 4.69) is 5.32 Å². The summed E-state index contributed by atoms with van der Waals surface area (Å²) in [6, 6.07) is 7.74. The number of halogens is 5. The second-order valence-corrected chi connectivity index (χ2v) is 6.11. The quantitative estimate of drug-likeness (QED) is 0.784. The van der Waals surface area contributed by atoms with Crippen LogP contribution in [0.2, 0.25) is 10.0 Å². The second kappa shape index (κ2) is 6.91. The molecule has 0 spiro atoms. The fourth-order valence-corrected chi connectivity index (χ4v) is 2.56. The highest BCUT2D eigenvalue weighted by molar-refractivity contribution is 6.35. The SMILES string of the molecule is CN(C)c1ccc(NC(=O)c2cc(Cl)cc(Cl)c2)c(C(F)(F)F)c1. The van der Waals surface area contributed by atoms with Crippen LogP contribution in [0, 0.1) is 0 Å². The van der Waals surface area contributed by atoms with E-state index in [1.54, 1.807) is 14.1 Å². The number of hydrogen-bond acceptors (Lipinski definition) is 2. The first-order chi connectivity index (χ1) is 11.1. The van der Waals surface area contributed by atoms with Crippen LogP contribution in [0.25, 0.3) is 0 Å². The van der Waals surface area contributed by atoms with Crippen molar-refractivity contribution in [2.75, 3.05) is 24.3 Å². The van der Waals surface area contributed by atoms with E-state index in [1.165, 1.54) is 35.2 Å². The highest BCUT2D eigenvalue weighted by atomic mass is 35.5. The zero-order chi connectivity index (χ0) is 18.1. The fourth-order valence-electron chi connectivity index (χ4n) is 2.03. The van der Waals surface area contributed by atoms with Crippen LogP contribution >= 0.6 is 23.2 Å². The van der Waals surface area contributed by atoms with Crippen molar-refractivity contribution in [1.29, 1.82) is 0 Å². The fraction of sp³-hybridized carbons (Fsp3) is 0.188. The third-order valence-corrected chi connectivity index (χ3v) is 3.63. The van der Waals surface area contributed by atoms with Gasteiger partial charge in [-0.25, -0.2) is 0 Å². The summed E-state index contributed by atoms with van der Waals surface area (Å²) in [6.07, 6.45) is -4.61. The van der Waals surface area contributed by atoms with Crippen molar-refractivity contribution in [2.45, 2.75) is 6.18 Å². The van der Waals surface area contributed by atoms with E-state index >= 15 is 0 Å². The largest absolute Gasteiger partial charge is 0.418 e. The number of nitrogens with one attached hydrogen (secondary N) is 1. The number of nitrogens with zero attached hydrogens (tertiary/aromatic N) is 1. The van der Waals surface area contributed by atoms with Gasteiger partial charge in [0.15, 0.2) is 0 Å². The average molecular weight is 377 g/mol. The first-order valence-corrected chi connectivity index (χ1v) is 7.49. The van der Waals surface area contributed by atoms with Crippen molar-refractivity contribution in [3.8, 4) is 0 Å². The molecular formula is C16H13Cl2F3N2O. The maximum absolute atomic E-state index is 13.3. The zero-order valence-corrected chi connectivity index (χ0v) is 14.2. The maximum atomic E-state index is 13.3. The molecule has 1 N–H and O–H groups in total. The molecule has 0 atom stereocenters. The third kappa shape index (κ3) is 4.33. The van der Waals surface area contributed by atoms with Crippen LogP contribution in [0.15, 0.2) is 36.4 Å². The van der Waals surface area contributed by atoms with E-state index in [0.29, 0.717) is 5.69 Å². The molecule has 0 aliphatic carbocycles. The van der Waals surface area contributed by atoms with Gasteiger partial charge in [0.05, 0.1) is 11.3 Å². The molecule has 0 unspecified atom stereocenters. The Morgan fingerprint density at radius 1 is 1.04 bits per heavy atom. The number of hydrogen-bond donors (Lipinski definition) is 1. The minimum atomic E-state index is -4.61. The summed E-state index contributed by atoms with van der Waals surface area (Å²) in [5.74, 6) is -0.734. The Morgan fingerprint density at radius 2 is 1.62 bits per heavy atom. The van der Waals surface area contributed by atoms with Crippen molar-refractivity contribution in [1.82, 2.24) is 0 Å². The van der Waals surface area contributed by atoms with E-state index in [4.69, 9.17) is 23.2 Å². The lowest BCUT2D eigenvalue weighted by Crippen LogP contribution is -2.18. The molecular weight excluding hydrogens is 364 g/mol. The minimum Gasteiger partial charge on any atom is -0.378 e. The van der Waals surface area contributed by atoms with Gasteiger partial charge in [0.25, 0.3) is 5.91 Å². The Hall–Kier alpha value is -1.92. The van der Waals surface area contributed by atoms with Crippen molar-refractivity contribution in [3.63, 3.8) is 0 Å². The van der Waals surface area contributed by atoms with E-state index in [1.807, 2.05) is 0 Å². The molecule has 0 aliphatic rings. The number of benzene rings is 2. The Labute approximate surface area is 147 Å². The molecule has 0 fully saturated rings. The average Bonchev–Trinajstić information content (AvgIpc) is 2.45. The van der Waals surface area contributed by atoms with Gasteiger partial charge in [0, 0.05) is 35.4 Å². The Kier molecular flexibility index (Phi) is 5.30. The summed E-state index contributed by atoms with van der Waals surface area (Å²) in [4.78, 5) is 13.7. The first-order valence-electron chi connectivity index (χ1n) is 6.74. The topological polar surface area (TPSA) is 32.3 Å². The summed E-state index contributed by atoms with van der Waals surface area (Å²) in [5.41, 5.74) is -0.840. The molecule has 2 aromatic carbocycles. The third-order valence-electron chi connectivity index (χ3n) is 3.20. The van der Waals surface area contributed by atoms with Crippen molar-refractivity contribution >= 4 is 40.5 Å². The van der Waals surface area contributed by atoms with Crippen LogP contribution in [0.1, 0.15) is 15.9 Å². The molecule has 0 aromatic heterocycles. The number of carbonyl (C=O) groups is 1. The molecule has 0 saturated heterocycles. The van der Waals surface area contributed by atoms with Gasteiger partial charge in [0.2, 0.25) is 0 Å². The molecule has 0 saturated carbocycles. The smallest absolute Gasteiger partial charge is 0.378 e. The number of amides is 1. The molecule has 8 heteroatoms. The van der Waals surface area contributed by atoms with Crippen LogP contribution in [-0.4, -0.2) is 20.0 Å². The normalized spacial score (nSPS) is 11.3. The maximum Gasteiger partial charge on any atom is 0.418 e. The summed E-state index contributed by atoms with van der Waals surface area (Å²) >= 11 is 11.6. The molecule has 128 valence electrons. The lowest BCUT2D eigenvalue weighted by atomic mass is 10.1. The van der Waals surface area contributed by atoms with E-state index in [-0.39, 0.29) is 21.3 Å². The van der Waals surface area contributed by atoms with Crippen LogP contribution in [0.5, 0.6) is 0 Å². The number of anilines is 2. The summed E-state index contributed by atoms with van der Waals surface area (Å²) in [6.45, 7) is 0. The lowest BCUT2D eigenvalue weighted by molar-refractivity contribution is -0.136. The van der Waals surface area contributed by atoms with E-state index < -0.39 is 17.6 Å². The molecule has 2 aromatic rings. The highest BCUT2D eigenvalue weighted by Crippen LogP contribution is 2.37. The van der Waals surface area contributed by atoms with Crippen LogP contribution in [0.4, 0.5) is 24.5 Å². The van der Waals surface area contributed by atoms with Crippen molar-refractivity contribution < 1.29 is 18.0 Å². The van der Waals surface area contributed by atoms with E-state index in [0.717, 1.165) is 6.07 Å². The van der Waals surface area contributed by atoms with Gasteiger partial charge < -0.3 is 10.2 Å². The number of rotatable bonds is 3. The number of carbonyl (C=O) groups excluding carboxylic acids is 1. The monoisotopic (exact) mass is 376 g/mol. The molecule has 0 bridgehead atoms. The molecule has 1 amide bonds. The van der Waals surface area contributed by atoms with Crippen LogP contribution < -0.4 is 10.2 Å². The predicted octanol–water partition coefficient (Wildman–Crippen LogP) is 5.33. The Bertz CT molecular complexity index is 756. The van der Waals surface area contributed by atoms with Gasteiger partial charge in [-0.05, 0) is 36.4 Å². The van der Waals surface area contributed by atoms with E-state index in [9.17, 15) is 18.0 Å². The molecule has 3 nitrogen and oxygen atoms in total. The molecule has 24 heavy (non-hydrogen) atoms. The molecule has 0 heterocycles. The van der Waals surface area contributed by atoms with Crippen molar-refractivity contribution in [2.24, 2.45) is 0 Å². The van der Waals surface area contributed by atoms with Crippen LogP contribution in [0.3, 0.4) is 0 Å². The van der Waals surface area contributed by atoms with Gasteiger partial charge in [-0.1, -0.05) is 23.2 Å². The van der Waals surface area contributed by atoms with Crippen molar-refractivity contribution in [3.05, 3.63) is 57.6 Å². The lowest BCUT2D eigenvalue weighted by Gasteiger charge is -2.18. The van der Waals surface area contributed by atoms with Gasteiger partial charge >= 0.3 is 6.18 Å². The van der Waals surface area contributed by atoms with Gasteiger partial charge in [-0.2, -0.15) is 13.2 Å². The van der Waals surface area contributed by atoms with Gasteiger partial charge in [0.1, 0.15) is 0 Å². The highest BCUT2D eigenvalue weighted by Gasteiger charge is 2.34. The van der Waals surface area contributed by atoms with Gasteiger partial charge in [-0.3, -0.25) is 4.79 Å². The molecule has 0 radical (unpaired) electrons. The molecule has 0 aliphatic heterocycles. The Morgan fingerprint density at radius 3 is 2.12 bits per heavy atom. The minimum absolute atomic E-state index is 0.0670. The summed E-state index contributed by atoms with van der Waals surface area (Å²) in [5, 5.41) is 2.69. The zero-order valence-electron chi connectivity index (χ0n) is 12.7. The second-order valence-electron chi connectivity index (χ2n) is 5.23. The molecule has 2 rings (SSSR count). The predicted molar refractivity (Wildman–Crippen MR) is 90.2 cm³/mol. The standard InChI is InChI=1S/C16H13Cl2F3N2O/c1-23(2)12-3-4-14(13(8-12)16(19,20)21)22-15(24)9-5-10(17)7-11(18)6-9/h3-8H,1-2H3,(H,22,24). The van der Waals surface area contributed by atoms with Crippen LogP contribution in [-0.2, 0) is 6.18 Å². The summed E-state index contributed by atoms with van der Waals surface area (Å²) < 4.78 is 39.8. The van der Waals surface area contributed by atoms with Gasteiger partial charge in [-0.15, -0.1) is 0 Å². The summed E-state index contributed by atoms with van der Waals surface area (Å²) in [7, 11) is 3.25. The Balaban J connectivity index is 2.39. The first kappa shape index (κ1) is 18.4.